The first kappa shape index (κ1) is 10.8. The van der Waals surface area contributed by atoms with Crippen LogP contribution >= 0.6 is 11.6 Å². The zero-order chi connectivity index (χ0) is 11.5. The Labute approximate surface area is 97.6 Å². The fraction of sp³-hybridized carbons (Fsp3) is 0.0833. The quantitative estimate of drug-likeness (QED) is 0.760. The Kier molecular flexibility index (Phi) is 2.97. The molecule has 4 heteroatoms. The minimum absolute atomic E-state index is 0.231. The zero-order valence-electron chi connectivity index (χ0n) is 8.57. The smallest absolute Gasteiger partial charge is 0.290 e. The van der Waals surface area contributed by atoms with Crippen LogP contribution in [-0.4, -0.2) is 6.29 Å². The van der Waals surface area contributed by atoms with E-state index in [0.29, 0.717) is 17.1 Å². The van der Waals surface area contributed by atoms with E-state index in [1.54, 1.807) is 24.3 Å². The molecule has 0 bridgehead atoms. The van der Waals surface area contributed by atoms with Crippen molar-refractivity contribution in [2.45, 2.75) is 6.92 Å². The van der Waals surface area contributed by atoms with Crippen LogP contribution in [0.1, 0.15) is 16.1 Å². The number of aldehydes is 1. The monoisotopic (exact) mass is 236 g/mol. The summed E-state index contributed by atoms with van der Waals surface area (Å²) in [4.78, 5) is 10.4. The first-order chi connectivity index (χ1) is 7.69. The van der Waals surface area contributed by atoms with Gasteiger partial charge < -0.3 is 9.15 Å². The van der Waals surface area contributed by atoms with E-state index in [1.807, 2.05) is 13.0 Å². The number of ether oxygens (including phenoxy) is 1. The predicted octanol–water partition coefficient (Wildman–Crippen LogP) is 3.85. The number of carbonyl (C=O) groups is 1. The molecule has 2 aromatic rings. The second-order valence-electron chi connectivity index (χ2n) is 3.29. The highest BCUT2D eigenvalue weighted by molar-refractivity contribution is 6.30. The van der Waals surface area contributed by atoms with E-state index in [1.165, 1.54) is 0 Å². The van der Waals surface area contributed by atoms with Crippen LogP contribution in [0.2, 0.25) is 5.02 Å². The van der Waals surface area contributed by atoms with Gasteiger partial charge in [0.2, 0.25) is 0 Å². The van der Waals surface area contributed by atoms with Crippen LogP contribution in [0, 0.1) is 6.92 Å². The molecule has 3 nitrogen and oxygen atoms in total. The summed E-state index contributed by atoms with van der Waals surface area (Å²) in [7, 11) is 0. The Hall–Kier alpha value is -1.74. The van der Waals surface area contributed by atoms with E-state index in [9.17, 15) is 4.79 Å². The Balaban J connectivity index is 2.26. The highest BCUT2D eigenvalue weighted by Crippen LogP contribution is 2.28. The number of benzene rings is 1. The zero-order valence-corrected chi connectivity index (χ0v) is 9.32. The van der Waals surface area contributed by atoms with E-state index in [2.05, 4.69) is 0 Å². The van der Waals surface area contributed by atoms with Gasteiger partial charge in [0, 0.05) is 11.1 Å². The Morgan fingerprint density at radius 3 is 2.81 bits per heavy atom. The second-order valence-corrected chi connectivity index (χ2v) is 3.72. The van der Waals surface area contributed by atoms with Crippen LogP contribution < -0.4 is 4.74 Å². The van der Waals surface area contributed by atoms with Crippen molar-refractivity contribution in [2.24, 2.45) is 0 Å². The van der Waals surface area contributed by atoms with E-state index in [-0.39, 0.29) is 11.7 Å². The number of rotatable bonds is 3. The summed E-state index contributed by atoms with van der Waals surface area (Å²) in [5.74, 6) is 1.11. The van der Waals surface area contributed by atoms with Crippen LogP contribution in [0.3, 0.4) is 0 Å². The van der Waals surface area contributed by atoms with Gasteiger partial charge in [0.15, 0.2) is 12.0 Å². The van der Waals surface area contributed by atoms with Gasteiger partial charge in [-0.15, -0.1) is 0 Å². The molecule has 0 aliphatic rings. The molecule has 0 N–H and O–H groups in total. The predicted molar refractivity (Wildman–Crippen MR) is 60.4 cm³/mol. The summed E-state index contributed by atoms with van der Waals surface area (Å²) in [6.45, 7) is 1.90. The molecule has 82 valence electrons. The lowest BCUT2D eigenvalue weighted by Gasteiger charge is -2.05. The van der Waals surface area contributed by atoms with Crippen molar-refractivity contribution >= 4 is 17.9 Å². The number of hydrogen-bond donors (Lipinski definition) is 0. The van der Waals surface area contributed by atoms with E-state index in [4.69, 9.17) is 20.8 Å². The topological polar surface area (TPSA) is 39.4 Å². The molecule has 0 spiro atoms. The molecule has 0 aliphatic carbocycles. The summed E-state index contributed by atoms with van der Waals surface area (Å²) in [5, 5.41) is 0.586. The maximum atomic E-state index is 10.4. The summed E-state index contributed by atoms with van der Waals surface area (Å²) in [6.07, 6.45) is 0.623. The molecule has 16 heavy (non-hydrogen) atoms. The van der Waals surface area contributed by atoms with Crippen molar-refractivity contribution in [1.29, 1.82) is 0 Å². The SMILES string of the molecule is Cc1ccc(Cl)cc1Oc1ccc(C=O)o1. The molecule has 0 amide bonds. The molecule has 0 unspecified atom stereocenters. The average Bonchev–Trinajstić information content (AvgIpc) is 2.71. The van der Waals surface area contributed by atoms with Crippen molar-refractivity contribution < 1.29 is 13.9 Å². The number of halogens is 1. The van der Waals surface area contributed by atoms with Crippen LogP contribution in [0.15, 0.2) is 34.7 Å². The summed E-state index contributed by atoms with van der Waals surface area (Å²) in [5.41, 5.74) is 0.938. The third-order valence-electron chi connectivity index (χ3n) is 2.08. The highest BCUT2D eigenvalue weighted by atomic mass is 35.5. The third-order valence-corrected chi connectivity index (χ3v) is 2.31. The van der Waals surface area contributed by atoms with Gasteiger partial charge in [-0.1, -0.05) is 17.7 Å². The van der Waals surface area contributed by atoms with E-state index in [0.717, 1.165) is 5.56 Å². The Morgan fingerprint density at radius 2 is 2.12 bits per heavy atom. The molecule has 0 saturated carbocycles. The molecule has 0 fully saturated rings. The van der Waals surface area contributed by atoms with Gasteiger partial charge in [-0.25, -0.2) is 0 Å². The van der Waals surface area contributed by atoms with Crippen LogP contribution in [0.4, 0.5) is 0 Å². The first-order valence-electron chi connectivity index (χ1n) is 4.68. The molecule has 1 heterocycles. The van der Waals surface area contributed by atoms with Gasteiger partial charge in [0.1, 0.15) is 5.75 Å². The van der Waals surface area contributed by atoms with Crippen molar-refractivity contribution in [1.82, 2.24) is 0 Å². The van der Waals surface area contributed by atoms with Gasteiger partial charge in [-0.2, -0.15) is 0 Å². The van der Waals surface area contributed by atoms with Gasteiger partial charge in [0.05, 0.1) is 0 Å². The molecule has 0 radical (unpaired) electrons. The summed E-state index contributed by atoms with van der Waals surface area (Å²) >= 11 is 5.85. The van der Waals surface area contributed by atoms with E-state index < -0.39 is 0 Å². The maximum Gasteiger partial charge on any atom is 0.290 e. The lowest BCUT2D eigenvalue weighted by molar-refractivity contribution is 0.109. The molecule has 1 aromatic heterocycles. The van der Waals surface area contributed by atoms with Crippen molar-refractivity contribution in [3.63, 3.8) is 0 Å². The van der Waals surface area contributed by atoms with Gasteiger partial charge in [-0.3, -0.25) is 4.79 Å². The molecule has 0 aliphatic heterocycles. The number of aryl methyl sites for hydroxylation is 1. The first-order valence-corrected chi connectivity index (χ1v) is 5.06. The summed E-state index contributed by atoms with van der Waals surface area (Å²) < 4.78 is 10.6. The van der Waals surface area contributed by atoms with Crippen molar-refractivity contribution in [3.8, 4) is 11.7 Å². The minimum atomic E-state index is 0.231. The van der Waals surface area contributed by atoms with Gasteiger partial charge >= 0.3 is 0 Å². The summed E-state index contributed by atoms with van der Waals surface area (Å²) in [6, 6.07) is 8.45. The molecular weight excluding hydrogens is 228 g/mol. The van der Waals surface area contributed by atoms with Crippen molar-refractivity contribution in [3.05, 3.63) is 46.7 Å². The van der Waals surface area contributed by atoms with Crippen LogP contribution in [-0.2, 0) is 0 Å². The number of hydrogen-bond acceptors (Lipinski definition) is 3. The normalized spacial score (nSPS) is 10.1. The van der Waals surface area contributed by atoms with Gasteiger partial charge in [0.25, 0.3) is 5.95 Å². The second kappa shape index (κ2) is 4.41. The average molecular weight is 237 g/mol. The fourth-order valence-corrected chi connectivity index (χ4v) is 1.41. The largest absolute Gasteiger partial charge is 0.426 e. The highest BCUT2D eigenvalue weighted by Gasteiger charge is 2.06. The Morgan fingerprint density at radius 1 is 1.31 bits per heavy atom. The fourth-order valence-electron chi connectivity index (χ4n) is 1.24. The lowest BCUT2D eigenvalue weighted by Crippen LogP contribution is -1.85. The standard InChI is InChI=1S/C12H9ClO3/c1-8-2-3-9(13)6-11(8)16-12-5-4-10(7-14)15-12/h2-7H,1H3. The maximum absolute atomic E-state index is 10.4. The molecule has 1 aromatic carbocycles. The molecule has 0 atom stereocenters. The van der Waals surface area contributed by atoms with Crippen LogP contribution in [0.25, 0.3) is 0 Å². The van der Waals surface area contributed by atoms with Crippen molar-refractivity contribution in [2.75, 3.05) is 0 Å². The third kappa shape index (κ3) is 2.25. The number of carbonyl (C=O) groups excluding carboxylic acids is 1. The minimum Gasteiger partial charge on any atom is -0.426 e. The van der Waals surface area contributed by atoms with E-state index >= 15 is 0 Å². The number of furan rings is 1. The lowest BCUT2D eigenvalue weighted by atomic mass is 10.2. The molecule has 0 saturated heterocycles. The van der Waals surface area contributed by atoms with Gasteiger partial charge in [-0.05, 0) is 30.7 Å². The molecular formula is C12H9ClO3. The molecule has 2 rings (SSSR count). The Bertz CT molecular complexity index is 517. The van der Waals surface area contributed by atoms with Crippen LogP contribution in [0.5, 0.6) is 11.7 Å².